The predicted molar refractivity (Wildman–Crippen MR) is 176 cm³/mol. The second kappa shape index (κ2) is 15.4. The van der Waals surface area contributed by atoms with Gasteiger partial charge in [0.25, 0.3) is 0 Å². The summed E-state index contributed by atoms with van der Waals surface area (Å²) >= 11 is 0. The van der Waals surface area contributed by atoms with E-state index in [1.807, 2.05) is 24.3 Å². The normalized spacial score (nSPS) is 19.4. The van der Waals surface area contributed by atoms with E-state index in [2.05, 4.69) is 26.5 Å². The number of aromatic nitrogens is 1. The summed E-state index contributed by atoms with van der Waals surface area (Å²) in [5.41, 5.74) is 2.96. The van der Waals surface area contributed by atoms with Crippen LogP contribution in [-0.2, 0) is 4.84 Å². The lowest BCUT2D eigenvalue weighted by atomic mass is 10.0. The lowest BCUT2D eigenvalue weighted by molar-refractivity contribution is 0.0306. The molecule has 0 amide bonds. The molecule has 9 nitrogen and oxygen atoms in total. The van der Waals surface area contributed by atoms with Gasteiger partial charge in [-0.3, -0.25) is 14.8 Å². The Kier molecular flexibility index (Phi) is 10.6. The Balaban J connectivity index is 0.000000193. The fraction of sp³-hybridized carbons (Fsp3) is 0.389. The molecule has 0 spiro atoms. The summed E-state index contributed by atoms with van der Waals surface area (Å²) in [7, 11) is 0. The molecule has 2 saturated heterocycles. The number of nitrogens with one attached hydrogen (secondary N) is 1. The number of fused-ring (bicyclic) bond motifs is 1. The van der Waals surface area contributed by atoms with E-state index in [-0.39, 0.29) is 29.9 Å². The molecule has 1 atom stereocenters. The van der Waals surface area contributed by atoms with Crippen molar-refractivity contribution in [2.24, 2.45) is 5.16 Å². The first-order valence-corrected chi connectivity index (χ1v) is 16.2. The van der Waals surface area contributed by atoms with Crippen LogP contribution in [0.1, 0.15) is 37.7 Å². The van der Waals surface area contributed by atoms with Crippen LogP contribution in [-0.4, -0.2) is 78.1 Å². The number of likely N-dealkylation sites (tertiary alicyclic amines) is 2. The van der Waals surface area contributed by atoms with Crippen LogP contribution in [0.4, 0.5) is 8.78 Å². The second-order valence-electron chi connectivity index (χ2n) is 12.1. The molecule has 7 rings (SSSR count). The van der Waals surface area contributed by atoms with E-state index < -0.39 is 5.76 Å². The lowest BCUT2D eigenvalue weighted by Crippen LogP contribution is -2.42. The Morgan fingerprint density at radius 1 is 0.851 bits per heavy atom. The number of oxime groups is 1. The number of ether oxygens (including phenoxy) is 2. The molecule has 3 aliphatic rings. The third-order valence-electron chi connectivity index (χ3n) is 8.64. The molecule has 3 aromatic carbocycles. The molecule has 3 aliphatic heterocycles. The molecule has 1 aromatic heterocycles. The van der Waals surface area contributed by atoms with Gasteiger partial charge in [-0.1, -0.05) is 17.3 Å². The Morgan fingerprint density at radius 2 is 1.43 bits per heavy atom. The van der Waals surface area contributed by atoms with Gasteiger partial charge >= 0.3 is 5.76 Å². The van der Waals surface area contributed by atoms with Crippen molar-refractivity contribution < 1.29 is 27.5 Å². The maximum absolute atomic E-state index is 13.0. The van der Waals surface area contributed by atoms with Gasteiger partial charge in [0.15, 0.2) is 5.58 Å². The summed E-state index contributed by atoms with van der Waals surface area (Å²) in [6, 6.07) is 18.0. The first-order chi connectivity index (χ1) is 22.9. The van der Waals surface area contributed by atoms with Gasteiger partial charge in [0.2, 0.25) is 0 Å². The highest BCUT2D eigenvalue weighted by Gasteiger charge is 2.28. The second-order valence-corrected chi connectivity index (χ2v) is 12.1. The fourth-order valence-electron chi connectivity index (χ4n) is 6.12. The Labute approximate surface area is 272 Å². The molecule has 0 saturated carbocycles. The molecule has 0 aliphatic carbocycles. The average Bonchev–Trinajstić information content (AvgIpc) is 3.71. The van der Waals surface area contributed by atoms with Crippen molar-refractivity contribution in [3.05, 3.63) is 107 Å². The van der Waals surface area contributed by atoms with E-state index in [4.69, 9.17) is 18.7 Å². The first kappa shape index (κ1) is 32.5. The standard InChI is InChI=1S/C22H22FN3O4.C14H18FNO/c23-15-2-4-16(5-3-15)28-17-7-9-26(10-8-17)13-18-12-20(25-30-18)14-1-6-19-21(11-14)29-22(27)24-19;1-2-9-16-10-7-14(8-11-16)17-13-5-3-12(15)4-6-13/h1-6,11,17-18H,7-10,12-13H2,(H,24,27);2-6,14H,1,7-11H2. The van der Waals surface area contributed by atoms with E-state index in [1.165, 1.54) is 24.3 Å². The highest BCUT2D eigenvalue weighted by atomic mass is 19.1. The number of benzene rings is 3. The number of hydrogen-bond donors (Lipinski definition) is 1. The molecule has 47 heavy (non-hydrogen) atoms. The molecule has 4 aromatic rings. The monoisotopic (exact) mass is 646 g/mol. The number of piperidine rings is 2. The summed E-state index contributed by atoms with van der Waals surface area (Å²) in [5, 5.41) is 4.25. The zero-order chi connectivity index (χ0) is 32.6. The SMILES string of the molecule is C=CCN1CCC(Oc2ccc(F)cc2)CC1.O=c1[nH]c2ccc(C3=NOC(CN4CCC(Oc5ccc(F)cc5)CC4)C3)cc2o1. The largest absolute Gasteiger partial charge is 0.490 e. The van der Waals surface area contributed by atoms with Crippen LogP contribution < -0.4 is 15.2 Å². The Hall–Kier alpha value is -4.48. The zero-order valence-corrected chi connectivity index (χ0v) is 26.3. The van der Waals surface area contributed by atoms with Gasteiger partial charge in [-0.2, -0.15) is 0 Å². The van der Waals surface area contributed by atoms with Crippen molar-refractivity contribution in [3.63, 3.8) is 0 Å². The fourth-order valence-corrected chi connectivity index (χ4v) is 6.12. The van der Waals surface area contributed by atoms with Gasteiger partial charge in [-0.15, -0.1) is 6.58 Å². The van der Waals surface area contributed by atoms with Gasteiger partial charge in [-0.05, 0) is 86.3 Å². The summed E-state index contributed by atoms with van der Waals surface area (Å²) in [4.78, 5) is 24.3. The molecule has 2 fully saturated rings. The van der Waals surface area contributed by atoms with E-state index >= 15 is 0 Å². The number of nitrogens with zero attached hydrogens (tertiary/aromatic N) is 3. The topological polar surface area (TPSA) is 92.5 Å². The van der Waals surface area contributed by atoms with Crippen molar-refractivity contribution in [2.75, 3.05) is 39.3 Å². The van der Waals surface area contributed by atoms with Crippen molar-refractivity contribution in [2.45, 2.75) is 50.4 Å². The lowest BCUT2D eigenvalue weighted by Gasteiger charge is -2.33. The van der Waals surface area contributed by atoms with Crippen LogP contribution in [0, 0.1) is 11.6 Å². The molecule has 4 heterocycles. The van der Waals surface area contributed by atoms with Crippen LogP contribution in [0.2, 0.25) is 0 Å². The van der Waals surface area contributed by atoms with Crippen LogP contribution in [0.25, 0.3) is 11.1 Å². The number of oxazole rings is 1. The molecular formula is C36H40F2N4O5. The van der Waals surface area contributed by atoms with Crippen LogP contribution >= 0.6 is 0 Å². The maximum atomic E-state index is 13.0. The van der Waals surface area contributed by atoms with Crippen molar-refractivity contribution >= 4 is 16.8 Å². The molecule has 0 radical (unpaired) electrons. The molecule has 0 bridgehead atoms. The Morgan fingerprint density at radius 3 is 2.00 bits per heavy atom. The summed E-state index contributed by atoms with van der Waals surface area (Å²) < 4.78 is 42.7. The number of hydrogen-bond acceptors (Lipinski definition) is 8. The van der Waals surface area contributed by atoms with Crippen molar-refractivity contribution in [3.8, 4) is 11.5 Å². The minimum atomic E-state index is -0.462. The van der Waals surface area contributed by atoms with E-state index in [1.54, 1.807) is 24.3 Å². The van der Waals surface area contributed by atoms with Gasteiger partial charge in [0.05, 0.1) is 11.2 Å². The molecule has 248 valence electrons. The third-order valence-corrected chi connectivity index (χ3v) is 8.64. The van der Waals surface area contributed by atoms with Gasteiger partial charge in [0.1, 0.15) is 41.4 Å². The quantitative estimate of drug-likeness (QED) is 0.218. The van der Waals surface area contributed by atoms with Crippen LogP contribution in [0.5, 0.6) is 11.5 Å². The first-order valence-electron chi connectivity index (χ1n) is 16.2. The summed E-state index contributed by atoms with van der Waals surface area (Å²) in [6.45, 7) is 9.41. The molecule has 1 unspecified atom stereocenters. The number of rotatable bonds is 9. The number of halogens is 2. The molecule has 11 heteroatoms. The molecule has 1 N–H and O–H groups in total. The van der Waals surface area contributed by atoms with Gasteiger partial charge < -0.3 is 18.7 Å². The molecular weight excluding hydrogens is 606 g/mol. The van der Waals surface area contributed by atoms with E-state index in [0.717, 1.165) is 82.0 Å². The minimum Gasteiger partial charge on any atom is -0.490 e. The highest BCUT2D eigenvalue weighted by Crippen LogP contribution is 2.24. The zero-order valence-electron chi connectivity index (χ0n) is 26.3. The van der Waals surface area contributed by atoms with Crippen LogP contribution in [0.15, 0.2) is 93.8 Å². The number of H-pyrrole nitrogens is 1. The summed E-state index contributed by atoms with van der Waals surface area (Å²) in [6.07, 6.45) is 6.92. The van der Waals surface area contributed by atoms with Crippen LogP contribution in [0.3, 0.4) is 0 Å². The smallest absolute Gasteiger partial charge is 0.417 e. The van der Waals surface area contributed by atoms with Gasteiger partial charge in [-0.25, -0.2) is 13.6 Å². The van der Waals surface area contributed by atoms with Crippen molar-refractivity contribution in [1.29, 1.82) is 0 Å². The summed E-state index contributed by atoms with van der Waals surface area (Å²) in [5.74, 6) is 0.526. The highest BCUT2D eigenvalue weighted by molar-refractivity contribution is 6.03. The maximum Gasteiger partial charge on any atom is 0.417 e. The van der Waals surface area contributed by atoms with E-state index in [9.17, 15) is 13.6 Å². The predicted octanol–water partition coefficient (Wildman–Crippen LogP) is 6.15. The Bertz CT molecular complexity index is 1690. The van der Waals surface area contributed by atoms with Crippen molar-refractivity contribution in [1.82, 2.24) is 14.8 Å². The minimum absolute atomic E-state index is 0.00324. The number of aromatic amines is 1. The van der Waals surface area contributed by atoms with Gasteiger partial charge in [0, 0.05) is 51.3 Å². The van der Waals surface area contributed by atoms with E-state index in [0.29, 0.717) is 23.3 Å². The average molecular weight is 647 g/mol. The third kappa shape index (κ3) is 9.08.